The third-order valence-corrected chi connectivity index (χ3v) is 10.2. The number of carbonyl (C=O) groups is 3. The number of hydrogen-bond acceptors (Lipinski definition) is 6. The second-order valence-corrected chi connectivity index (χ2v) is 14.1. The van der Waals surface area contributed by atoms with Crippen LogP contribution in [-0.4, -0.2) is 73.0 Å². The van der Waals surface area contributed by atoms with Gasteiger partial charge in [-0.25, -0.2) is 17.2 Å². The van der Waals surface area contributed by atoms with Crippen LogP contribution in [0.5, 0.6) is 0 Å². The molecule has 0 aromatic heterocycles. The average molecular weight is 632 g/mol. The predicted octanol–water partition coefficient (Wildman–Crippen LogP) is 2.78. The summed E-state index contributed by atoms with van der Waals surface area (Å²) >= 11 is 0. The van der Waals surface area contributed by atoms with Crippen LogP contribution in [0.2, 0.25) is 0 Å². The summed E-state index contributed by atoms with van der Waals surface area (Å²) in [6.45, 7) is 0.338. The van der Waals surface area contributed by atoms with Gasteiger partial charge in [0.2, 0.25) is 26.8 Å². The first-order valence-electron chi connectivity index (χ1n) is 14.5. The number of nitrogens with zero attached hydrogens (tertiary/aromatic N) is 1. The number of piperidine rings is 2. The smallest absolute Gasteiger partial charge is 0.264 e. The minimum atomic E-state index is -4.31. The van der Waals surface area contributed by atoms with Gasteiger partial charge in [-0.3, -0.25) is 14.4 Å². The average Bonchev–Trinajstić information content (AvgIpc) is 3.50. The van der Waals surface area contributed by atoms with E-state index in [9.17, 15) is 32.3 Å². The van der Waals surface area contributed by atoms with Crippen molar-refractivity contribution in [2.24, 2.45) is 11.8 Å². The number of sulfone groups is 1. The Bertz CT molecular complexity index is 1630. The number of aliphatic hydroxyl groups is 1. The second kappa shape index (κ2) is 10.7. The van der Waals surface area contributed by atoms with Crippen LogP contribution in [0.25, 0.3) is 11.1 Å². The molecular weight excluding hydrogens is 599 g/mol. The molecule has 0 spiro atoms. The Labute approximate surface area is 252 Å². The standard InChI is InChI=1S/C31H32F3N3O6S/c1-44(42,43)25(32)15-18(14-17-12-13-35-27(17)38)36-28(39)26-24-11-10-19(16-30(24,33)34)37(26)29(40)31(41)22-8-4-2-6-20(22)21-7-3-5-9-23(21)31/h2-9,15,17-19,24,26,41H,10-14,16H2,1H3,(H,35,38)(H,36,39)/b25-15-/t17-,18-,19-,24-,26-/m1/s1. The summed E-state index contributed by atoms with van der Waals surface area (Å²) in [6, 6.07) is 9.27. The molecule has 3 N–H and O–H groups in total. The number of rotatable bonds is 7. The van der Waals surface area contributed by atoms with E-state index >= 15 is 8.78 Å². The van der Waals surface area contributed by atoms with Crippen LogP contribution in [0, 0.1) is 11.8 Å². The number of benzene rings is 2. The van der Waals surface area contributed by atoms with Gasteiger partial charge in [-0.2, -0.15) is 4.39 Å². The van der Waals surface area contributed by atoms with Crippen LogP contribution in [0.3, 0.4) is 0 Å². The predicted molar refractivity (Wildman–Crippen MR) is 153 cm³/mol. The van der Waals surface area contributed by atoms with Crippen LogP contribution in [0.1, 0.15) is 43.2 Å². The lowest BCUT2D eigenvalue weighted by Gasteiger charge is -2.55. The Balaban J connectivity index is 1.39. The van der Waals surface area contributed by atoms with Crippen molar-refractivity contribution in [1.82, 2.24) is 15.5 Å². The molecule has 3 heterocycles. The summed E-state index contributed by atoms with van der Waals surface area (Å²) in [6.07, 6.45) is 0.872. The lowest BCUT2D eigenvalue weighted by atomic mass is 9.70. The summed E-state index contributed by atoms with van der Waals surface area (Å²) in [4.78, 5) is 41.8. The lowest BCUT2D eigenvalue weighted by molar-refractivity contribution is -0.201. The zero-order valence-corrected chi connectivity index (χ0v) is 24.6. The number of fused-ring (bicyclic) bond motifs is 6. The topological polar surface area (TPSA) is 133 Å². The molecule has 2 aromatic carbocycles. The van der Waals surface area contributed by atoms with Gasteiger partial charge in [0.25, 0.3) is 11.8 Å². The van der Waals surface area contributed by atoms with Gasteiger partial charge in [-0.05, 0) is 42.9 Å². The number of carbonyl (C=O) groups excluding carboxylic acids is 3. The van der Waals surface area contributed by atoms with Crippen molar-refractivity contribution < 1.29 is 41.1 Å². The normalized spacial score (nSPS) is 27.3. The van der Waals surface area contributed by atoms with Crippen LogP contribution in [0.15, 0.2) is 59.8 Å². The Kier molecular flexibility index (Phi) is 7.39. The van der Waals surface area contributed by atoms with Crippen molar-refractivity contribution in [3.8, 4) is 11.1 Å². The molecule has 0 radical (unpaired) electrons. The molecule has 13 heteroatoms. The van der Waals surface area contributed by atoms with E-state index in [1.165, 1.54) is 0 Å². The first-order valence-corrected chi connectivity index (χ1v) is 16.4. The molecule has 7 rings (SSSR count). The van der Waals surface area contributed by atoms with E-state index in [-0.39, 0.29) is 36.3 Å². The van der Waals surface area contributed by atoms with Crippen molar-refractivity contribution in [3.05, 3.63) is 70.9 Å². The summed E-state index contributed by atoms with van der Waals surface area (Å²) in [5, 5.41) is 15.8. The molecule has 3 saturated heterocycles. The van der Waals surface area contributed by atoms with Crippen LogP contribution < -0.4 is 10.6 Å². The molecule has 2 aliphatic carbocycles. The van der Waals surface area contributed by atoms with Gasteiger partial charge in [0.15, 0.2) is 5.60 Å². The Hall–Kier alpha value is -3.71. The third-order valence-electron chi connectivity index (χ3n) is 9.39. The monoisotopic (exact) mass is 631 g/mol. The van der Waals surface area contributed by atoms with Gasteiger partial charge >= 0.3 is 0 Å². The van der Waals surface area contributed by atoms with Crippen molar-refractivity contribution >= 4 is 27.6 Å². The van der Waals surface area contributed by atoms with E-state index < -0.39 is 74.7 Å². The molecule has 3 amide bonds. The van der Waals surface area contributed by atoms with Gasteiger partial charge in [0, 0.05) is 42.3 Å². The fraction of sp³-hybridized carbons (Fsp3) is 0.452. The molecular formula is C31H32F3N3O6S. The van der Waals surface area contributed by atoms with Gasteiger partial charge in [0.05, 0.1) is 12.0 Å². The number of nitrogens with one attached hydrogen (secondary N) is 2. The maximum Gasteiger partial charge on any atom is 0.264 e. The van der Waals surface area contributed by atoms with Crippen LogP contribution >= 0.6 is 0 Å². The molecule has 2 bridgehead atoms. The van der Waals surface area contributed by atoms with E-state index in [2.05, 4.69) is 10.6 Å². The molecule has 5 atom stereocenters. The van der Waals surface area contributed by atoms with Crippen molar-refractivity contribution in [1.29, 1.82) is 0 Å². The largest absolute Gasteiger partial charge is 0.372 e. The fourth-order valence-electron chi connectivity index (χ4n) is 7.32. The van der Waals surface area contributed by atoms with E-state index in [4.69, 9.17) is 0 Å². The number of amides is 3. The highest BCUT2D eigenvalue weighted by atomic mass is 32.2. The summed E-state index contributed by atoms with van der Waals surface area (Å²) < 4.78 is 69.1. The van der Waals surface area contributed by atoms with Gasteiger partial charge < -0.3 is 20.6 Å². The number of hydrogen-bond donors (Lipinski definition) is 3. The maximum atomic E-state index is 15.4. The van der Waals surface area contributed by atoms with E-state index in [0.717, 1.165) is 4.90 Å². The highest BCUT2D eigenvalue weighted by molar-refractivity contribution is 7.94. The molecule has 5 aliphatic rings. The lowest BCUT2D eigenvalue weighted by Crippen LogP contribution is -2.70. The third kappa shape index (κ3) is 4.90. The van der Waals surface area contributed by atoms with E-state index in [1.54, 1.807) is 48.5 Å². The van der Waals surface area contributed by atoms with Crippen LogP contribution in [0.4, 0.5) is 13.2 Å². The Morgan fingerprint density at radius 1 is 1.09 bits per heavy atom. The SMILES string of the molecule is CS(=O)(=O)/C(F)=C\[C@@H](C[C@H]1CCNC1=O)NC(=O)[C@H]1[C@H]2CC[C@H](CC2(F)F)N1C(=O)C1(O)c2ccccc2-c2ccccc21. The minimum absolute atomic E-state index is 0.0750. The van der Waals surface area contributed by atoms with Gasteiger partial charge in [-0.15, -0.1) is 0 Å². The molecule has 44 heavy (non-hydrogen) atoms. The molecule has 4 fully saturated rings. The quantitative estimate of drug-likeness (QED) is 0.431. The zero-order valence-electron chi connectivity index (χ0n) is 23.8. The molecule has 1 saturated carbocycles. The van der Waals surface area contributed by atoms with Gasteiger partial charge in [0.1, 0.15) is 6.04 Å². The van der Waals surface area contributed by atoms with Crippen molar-refractivity contribution in [3.63, 3.8) is 0 Å². The first-order chi connectivity index (χ1) is 20.7. The fourth-order valence-corrected chi connectivity index (χ4v) is 7.73. The molecule has 0 unspecified atom stereocenters. The van der Waals surface area contributed by atoms with Gasteiger partial charge in [-0.1, -0.05) is 48.5 Å². The maximum absolute atomic E-state index is 15.4. The molecule has 9 nitrogen and oxygen atoms in total. The number of halogens is 3. The Morgan fingerprint density at radius 3 is 2.25 bits per heavy atom. The Morgan fingerprint density at radius 2 is 1.70 bits per heavy atom. The van der Waals surface area contributed by atoms with E-state index in [0.29, 0.717) is 36.4 Å². The number of alkyl halides is 2. The highest BCUT2D eigenvalue weighted by Crippen LogP contribution is 2.53. The first kappa shape index (κ1) is 30.3. The molecule has 3 aliphatic heterocycles. The van der Waals surface area contributed by atoms with E-state index in [1.807, 2.05) is 0 Å². The highest BCUT2D eigenvalue weighted by Gasteiger charge is 2.63. The zero-order chi connectivity index (χ0) is 31.6. The summed E-state index contributed by atoms with van der Waals surface area (Å²) in [7, 11) is -4.31. The molecule has 2 aromatic rings. The molecule has 234 valence electrons. The summed E-state index contributed by atoms with van der Waals surface area (Å²) in [5.41, 5.74) is -0.529. The van der Waals surface area contributed by atoms with Crippen molar-refractivity contribution in [2.75, 3.05) is 12.8 Å². The summed E-state index contributed by atoms with van der Waals surface area (Å²) in [5.74, 6) is -7.94. The minimum Gasteiger partial charge on any atom is -0.372 e. The van der Waals surface area contributed by atoms with Crippen LogP contribution in [-0.2, 0) is 29.8 Å². The second-order valence-electron chi connectivity index (χ2n) is 12.1. The van der Waals surface area contributed by atoms with Crippen molar-refractivity contribution in [2.45, 2.75) is 61.8 Å².